The molecule has 0 spiro atoms. The summed E-state index contributed by atoms with van der Waals surface area (Å²) in [6.45, 7) is 11.6. The number of fused-ring (bicyclic) bond motifs is 5. The van der Waals surface area contributed by atoms with E-state index < -0.39 is 5.60 Å². The zero-order chi connectivity index (χ0) is 21.0. The summed E-state index contributed by atoms with van der Waals surface area (Å²) >= 11 is 0. The summed E-state index contributed by atoms with van der Waals surface area (Å²) in [5.74, 6) is 4.24. The standard InChI is InChI=1S/C27H46O2/c1-18(7-6-14-25(2,3)29)22-10-11-23-21-9-8-19-17-20(28)12-15-26(19,4)24(21)13-16-27(22,23)5/h8,18,20-24,28-29H,6-7,9-17H2,1-5H3/t18-,20+,21+,22-,23-,24-,26+,27-/m1/s1. The average molecular weight is 403 g/mol. The molecule has 3 saturated carbocycles. The first-order valence-electron chi connectivity index (χ1n) is 12.6. The lowest BCUT2D eigenvalue weighted by Gasteiger charge is -2.58. The first-order chi connectivity index (χ1) is 13.5. The highest BCUT2D eigenvalue weighted by molar-refractivity contribution is 5.25. The monoisotopic (exact) mass is 402 g/mol. The summed E-state index contributed by atoms with van der Waals surface area (Å²) in [6, 6.07) is 0. The summed E-state index contributed by atoms with van der Waals surface area (Å²) in [4.78, 5) is 0. The van der Waals surface area contributed by atoms with E-state index in [1.165, 1.54) is 44.9 Å². The molecule has 2 nitrogen and oxygen atoms in total. The fraction of sp³-hybridized carbons (Fsp3) is 0.926. The van der Waals surface area contributed by atoms with Crippen molar-refractivity contribution in [2.45, 2.75) is 117 Å². The minimum absolute atomic E-state index is 0.0969. The molecule has 8 atom stereocenters. The van der Waals surface area contributed by atoms with Crippen LogP contribution in [0, 0.1) is 40.4 Å². The van der Waals surface area contributed by atoms with E-state index in [1.54, 1.807) is 5.57 Å². The van der Waals surface area contributed by atoms with E-state index in [1.807, 2.05) is 13.8 Å². The molecule has 0 aliphatic heterocycles. The van der Waals surface area contributed by atoms with Crippen molar-refractivity contribution in [1.82, 2.24) is 0 Å². The van der Waals surface area contributed by atoms with Gasteiger partial charge in [-0.25, -0.2) is 0 Å². The van der Waals surface area contributed by atoms with Crippen molar-refractivity contribution in [2.75, 3.05) is 0 Å². The van der Waals surface area contributed by atoms with Gasteiger partial charge in [0.05, 0.1) is 11.7 Å². The van der Waals surface area contributed by atoms with Crippen LogP contribution in [0.15, 0.2) is 11.6 Å². The Morgan fingerprint density at radius 2 is 1.86 bits per heavy atom. The van der Waals surface area contributed by atoms with Crippen molar-refractivity contribution in [3.63, 3.8) is 0 Å². The van der Waals surface area contributed by atoms with Gasteiger partial charge >= 0.3 is 0 Å². The molecule has 0 heterocycles. The smallest absolute Gasteiger partial charge is 0.0591 e. The molecule has 4 rings (SSSR count). The third-order valence-electron chi connectivity index (χ3n) is 10.3. The van der Waals surface area contributed by atoms with Crippen LogP contribution in [0.5, 0.6) is 0 Å². The number of aliphatic hydroxyl groups is 2. The number of hydrogen-bond donors (Lipinski definition) is 2. The first-order valence-corrected chi connectivity index (χ1v) is 12.6. The molecule has 0 bridgehead atoms. The van der Waals surface area contributed by atoms with E-state index in [-0.39, 0.29) is 6.10 Å². The van der Waals surface area contributed by atoms with E-state index in [0.29, 0.717) is 10.8 Å². The van der Waals surface area contributed by atoms with Crippen LogP contribution in [0.2, 0.25) is 0 Å². The maximum atomic E-state index is 10.2. The second-order valence-electron chi connectivity index (χ2n) is 12.6. The molecule has 166 valence electrons. The van der Waals surface area contributed by atoms with Crippen molar-refractivity contribution in [2.24, 2.45) is 40.4 Å². The van der Waals surface area contributed by atoms with Crippen molar-refractivity contribution < 1.29 is 10.2 Å². The summed E-state index contributed by atoms with van der Waals surface area (Å²) in [5, 5.41) is 20.3. The number of aliphatic hydroxyl groups excluding tert-OH is 1. The Morgan fingerprint density at radius 1 is 1.10 bits per heavy atom. The van der Waals surface area contributed by atoms with Crippen molar-refractivity contribution in [3.8, 4) is 0 Å². The van der Waals surface area contributed by atoms with E-state index in [0.717, 1.165) is 55.3 Å². The van der Waals surface area contributed by atoms with Crippen molar-refractivity contribution in [3.05, 3.63) is 11.6 Å². The largest absolute Gasteiger partial charge is 0.393 e. The van der Waals surface area contributed by atoms with E-state index in [4.69, 9.17) is 0 Å². The van der Waals surface area contributed by atoms with Gasteiger partial charge in [0.25, 0.3) is 0 Å². The highest BCUT2D eigenvalue weighted by atomic mass is 16.3. The second-order valence-corrected chi connectivity index (χ2v) is 12.6. The van der Waals surface area contributed by atoms with Crippen LogP contribution in [0.25, 0.3) is 0 Å². The topological polar surface area (TPSA) is 40.5 Å². The highest BCUT2D eigenvalue weighted by Gasteiger charge is 2.59. The van der Waals surface area contributed by atoms with Crippen LogP contribution in [0.1, 0.15) is 105 Å². The molecule has 0 amide bonds. The van der Waals surface area contributed by atoms with Gasteiger partial charge in [0.2, 0.25) is 0 Å². The van der Waals surface area contributed by atoms with Crippen LogP contribution in [-0.4, -0.2) is 21.9 Å². The molecule has 29 heavy (non-hydrogen) atoms. The molecule has 2 heteroatoms. The Hall–Kier alpha value is -0.340. The summed E-state index contributed by atoms with van der Waals surface area (Å²) in [7, 11) is 0. The van der Waals surface area contributed by atoms with E-state index in [2.05, 4.69) is 26.8 Å². The highest BCUT2D eigenvalue weighted by Crippen LogP contribution is 2.67. The van der Waals surface area contributed by atoms with Gasteiger partial charge < -0.3 is 10.2 Å². The average Bonchev–Trinajstić information content (AvgIpc) is 2.98. The minimum atomic E-state index is -0.519. The van der Waals surface area contributed by atoms with Crippen LogP contribution in [-0.2, 0) is 0 Å². The zero-order valence-electron chi connectivity index (χ0n) is 19.7. The Bertz CT molecular complexity index is 631. The maximum absolute atomic E-state index is 10.2. The van der Waals surface area contributed by atoms with Crippen molar-refractivity contribution in [1.29, 1.82) is 0 Å². The Kier molecular flexibility index (Phi) is 5.78. The molecule has 4 aliphatic rings. The van der Waals surface area contributed by atoms with Crippen LogP contribution < -0.4 is 0 Å². The van der Waals surface area contributed by atoms with Crippen molar-refractivity contribution >= 4 is 0 Å². The van der Waals surface area contributed by atoms with Crippen LogP contribution in [0.3, 0.4) is 0 Å². The van der Waals surface area contributed by atoms with E-state index >= 15 is 0 Å². The number of hydrogen-bond acceptors (Lipinski definition) is 2. The van der Waals surface area contributed by atoms with Gasteiger partial charge in [-0.05, 0) is 112 Å². The fourth-order valence-corrected chi connectivity index (χ4v) is 8.67. The zero-order valence-corrected chi connectivity index (χ0v) is 19.7. The lowest BCUT2D eigenvalue weighted by atomic mass is 9.47. The maximum Gasteiger partial charge on any atom is 0.0591 e. The van der Waals surface area contributed by atoms with Gasteiger partial charge in [-0.15, -0.1) is 0 Å². The van der Waals surface area contributed by atoms with Gasteiger partial charge in [-0.2, -0.15) is 0 Å². The lowest BCUT2D eigenvalue weighted by Crippen LogP contribution is -2.50. The molecular weight excluding hydrogens is 356 g/mol. The Morgan fingerprint density at radius 3 is 2.59 bits per heavy atom. The van der Waals surface area contributed by atoms with Gasteiger partial charge in [-0.3, -0.25) is 0 Å². The SMILES string of the molecule is C[C@H](CCCC(C)(C)O)[C@H]1CC[C@@H]2[C@@H]3CC=C4C[C@@H](O)CC[C@]4(C)[C@@H]3CC[C@@]21C. The third kappa shape index (κ3) is 3.86. The molecule has 0 radical (unpaired) electrons. The number of rotatable bonds is 5. The second kappa shape index (κ2) is 7.66. The summed E-state index contributed by atoms with van der Waals surface area (Å²) in [5.41, 5.74) is 1.95. The lowest BCUT2D eigenvalue weighted by molar-refractivity contribution is -0.0575. The summed E-state index contributed by atoms with van der Waals surface area (Å²) in [6.07, 6.45) is 15.9. The summed E-state index contributed by atoms with van der Waals surface area (Å²) < 4.78 is 0. The minimum Gasteiger partial charge on any atom is -0.393 e. The van der Waals surface area contributed by atoms with Crippen LogP contribution in [0.4, 0.5) is 0 Å². The Labute approximate surface area is 179 Å². The molecular formula is C27H46O2. The molecule has 0 aromatic carbocycles. The third-order valence-corrected chi connectivity index (χ3v) is 10.3. The Balaban J connectivity index is 1.47. The predicted molar refractivity (Wildman–Crippen MR) is 121 cm³/mol. The van der Waals surface area contributed by atoms with E-state index in [9.17, 15) is 10.2 Å². The van der Waals surface area contributed by atoms with Crippen LogP contribution >= 0.6 is 0 Å². The van der Waals surface area contributed by atoms with Gasteiger partial charge in [0.15, 0.2) is 0 Å². The van der Waals surface area contributed by atoms with Gasteiger partial charge in [0, 0.05) is 0 Å². The quantitative estimate of drug-likeness (QED) is 0.515. The molecule has 0 saturated heterocycles. The molecule has 2 N–H and O–H groups in total. The molecule has 4 aliphatic carbocycles. The fourth-order valence-electron chi connectivity index (χ4n) is 8.67. The first kappa shape index (κ1) is 21.9. The normalized spacial score (nSPS) is 45.8. The molecule has 3 fully saturated rings. The molecule has 0 unspecified atom stereocenters. The predicted octanol–water partition coefficient (Wildman–Crippen LogP) is 6.50. The molecule has 0 aromatic heterocycles. The molecule has 0 aromatic rings. The van der Waals surface area contributed by atoms with Gasteiger partial charge in [0.1, 0.15) is 0 Å². The number of allylic oxidation sites excluding steroid dienone is 1. The van der Waals surface area contributed by atoms with Gasteiger partial charge in [-0.1, -0.05) is 45.3 Å².